The van der Waals surface area contributed by atoms with Crippen LogP contribution in [-0.4, -0.2) is 97.7 Å². The molecule has 0 fully saturated rings. The van der Waals surface area contributed by atoms with Crippen LogP contribution in [0.4, 0.5) is 30.9 Å². The number of carbonyl (C=O) groups is 5. The van der Waals surface area contributed by atoms with Crippen LogP contribution in [0.5, 0.6) is 11.5 Å². The van der Waals surface area contributed by atoms with E-state index in [2.05, 4.69) is 31.2 Å². The van der Waals surface area contributed by atoms with E-state index in [0.717, 1.165) is 12.1 Å². The summed E-state index contributed by atoms with van der Waals surface area (Å²) in [6, 6.07) is 10.5. The molecule has 19 nitrogen and oxygen atoms in total. The smallest absolute Gasteiger partial charge is 0.408 e. The lowest BCUT2D eigenvalue weighted by atomic mass is 10.1. The average molecular weight is 988 g/mol. The first-order chi connectivity index (χ1) is 33.6. The summed E-state index contributed by atoms with van der Waals surface area (Å²) in [4.78, 5) is 76.5. The van der Waals surface area contributed by atoms with Gasteiger partial charge < -0.3 is 45.0 Å². The Hall–Kier alpha value is -7.45. The maximum atomic E-state index is 15.2. The number of halogens is 2. The molecule has 2 aromatic carbocycles. The highest BCUT2D eigenvalue weighted by atomic mass is 19.1. The Morgan fingerprint density at radius 1 is 0.831 bits per heavy atom. The fraction of sp³-hybridized carbons (Fsp3) is 0.460. The summed E-state index contributed by atoms with van der Waals surface area (Å²) in [7, 11) is 0. The van der Waals surface area contributed by atoms with Crippen LogP contribution in [0.1, 0.15) is 106 Å². The second-order valence-electron chi connectivity index (χ2n) is 18.4. The maximum absolute atomic E-state index is 15.2. The Labute approximate surface area is 411 Å². The molecule has 5 aromatic rings. The van der Waals surface area contributed by atoms with E-state index in [-0.39, 0.29) is 92.0 Å². The summed E-state index contributed by atoms with van der Waals surface area (Å²) in [5.41, 5.74) is -0.282. The Morgan fingerprint density at radius 3 is 2.24 bits per heavy atom. The highest BCUT2D eigenvalue weighted by molar-refractivity contribution is 5.92. The molecule has 5 rings (SSSR count). The van der Waals surface area contributed by atoms with Crippen molar-refractivity contribution in [2.75, 3.05) is 30.5 Å². The number of para-hydroxylation sites is 1. The number of nitrogens with one attached hydrogen (secondary N) is 4. The number of esters is 2. The molecule has 0 unspecified atom stereocenters. The molecule has 0 aliphatic carbocycles. The molecule has 21 heteroatoms. The molecule has 0 radical (unpaired) electrons. The van der Waals surface area contributed by atoms with E-state index in [1.807, 2.05) is 0 Å². The molecule has 0 aliphatic rings. The Bertz CT molecular complexity index is 2640. The monoisotopic (exact) mass is 987 g/mol. The highest BCUT2D eigenvalue weighted by Crippen LogP contribution is 2.32. The van der Waals surface area contributed by atoms with Gasteiger partial charge in [0, 0.05) is 60.8 Å². The molecule has 4 N–H and O–H groups in total. The zero-order chi connectivity index (χ0) is 51.9. The Balaban J connectivity index is 1.25. The SMILES string of the molecule is CCOc1cc(F)c(Cn2nc(-c3ncc(OCCCOC(=O)[C@H](C)NC(=O)[C@H](CCCCCC(=O)OC(C)(C)C)NC(=O)OC(C)(C)C)c(Nc4ccnc(NC(C)=O)c4)n3)c3ccccc32)c(F)c1. The number of amides is 3. The predicted molar refractivity (Wildman–Crippen MR) is 260 cm³/mol. The van der Waals surface area contributed by atoms with Crippen molar-refractivity contribution in [3.63, 3.8) is 0 Å². The molecule has 2 atom stereocenters. The van der Waals surface area contributed by atoms with Gasteiger partial charge in [0.25, 0.3) is 0 Å². The van der Waals surface area contributed by atoms with Gasteiger partial charge in [0.05, 0.1) is 38.1 Å². The van der Waals surface area contributed by atoms with Gasteiger partial charge in [-0.15, -0.1) is 0 Å². The molecule has 382 valence electrons. The van der Waals surface area contributed by atoms with Gasteiger partial charge >= 0.3 is 18.0 Å². The fourth-order valence-electron chi connectivity index (χ4n) is 6.93. The van der Waals surface area contributed by atoms with Gasteiger partial charge in [-0.3, -0.25) is 19.1 Å². The molecular weight excluding hydrogens is 925 g/mol. The molecule has 0 saturated heterocycles. The van der Waals surface area contributed by atoms with E-state index in [1.165, 1.54) is 30.9 Å². The number of pyridine rings is 1. The van der Waals surface area contributed by atoms with Crippen LogP contribution in [-0.2, 0) is 39.9 Å². The summed E-state index contributed by atoms with van der Waals surface area (Å²) >= 11 is 0. The van der Waals surface area contributed by atoms with Crippen LogP contribution in [0.25, 0.3) is 22.4 Å². The van der Waals surface area contributed by atoms with E-state index in [4.69, 9.17) is 33.8 Å². The second kappa shape index (κ2) is 24.9. The molecule has 71 heavy (non-hydrogen) atoms. The average Bonchev–Trinajstić information content (AvgIpc) is 3.64. The van der Waals surface area contributed by atoms with Crippen molar-refractivity contribution < 1.29 is 56.4 Å². The van der Waals surface area contributed by atoms with Gasteiger partial charge in [-0.2, -0.15) is 5.10 Å². The van der Waals surface area contributed by atoms with Crippen LogP contribution in [0.2, 0.25) is 0 Å². The normalized spacial score (nSPS) is 12.3. The van der Waals surface area contributed by atoms with Crippen molar-refractivity contribution >= 4 is 58.1 Å². The van der Waals surface area contributed by atoms with Crippen molar-refractivity contribution in [2.24, 2.45) is 0 Å². The minimum atomic E-state index is -1.09. The number of fused-ring (bicyclic) bond motifs is 1. The number of benzene rings is 2. The molecule has 0 aliphatic heterocycles. The van der Waals surface area contributed by atoms with Gasteiger partial charge in [0.1, 0.15) is 52.2 Å². The summed E-state index contributed by atoms with van der Waals surface area (Å²) in [5, 5.41) is 16.3. The van der Waals surface area contributed by atoms with E-state index < -0.39 is 52.9 Å². The molecule has 3 amide bonds. The lowest BCUT2D eigenvalue weighted by molar-refractivity contribution is -0.155. The largest absolute Gasteiger partial charge is 0.494 e. The topological polar surface area (TPSA) is 236 Å². The van der Waals surface area contributed by atoms with Crippen molar-refractivity contribution in [3.8, 4) is 23.0 Å². The van der Waals surface area contributed by atoms with Gasteiger partial charge in [0.2, 0.25) is 11.8 Å². The second-order valence-corrected chi connectivity index (χ2v) is 18.4. The van der Waals surface area contributed by atoms with Crippen LogP contribution >= 0.6 is 0 Å². The quantitative estimate of drug-likeness (QED) is 0.0274. The Kier molecular flexibility index (Phi) is 19.1. The maximum Gasteiger partial charge on any atom is 0.408 e. The number of aromatic nitrogens is 5. The number of unbranched alkanes of at least 4 members (excludes halogenated alkanes) is 2. The number of hydrogen-bond donors (Lipinski definition) is 4. The minimum Gasteiger partial charge on any atom is -0.494 e. The van der Waals surface area contributed by atoms with E-state index >= 15 is 8.78 Å². The van der Waals surface area contributed by atoms with Gasteiger partial charge in [-0.1, -0.05) is 31.0 Å². The molecule has 0 bridgehead atoms. The first kappa shape index (κ1) is 54.5. The number of carbonyl (C=O) groups excluding carboxylic acids is 5. The summed E-state index contributed by atoms with van der Waals surface area (Å²) in [6.45, 7) is 14.9. The van der Waals surface area contributed by atoms with Crippen LogP contribution in [0, 0.1) is 11.6 Å². The Morgan fingerprint density at radius 2 is 1.55 bits per heavy atom. The first-order valence-corrected chi connectivity index (χ1v) is 23.3. The predicted octanol–water partition coefficient (Wildman–Crippen LogP) is 8.32. The molecule has 0 spiro atoms. The third kappa shape index (κ3) is 17.2. The van der Waals surface area contributed by atoms with Crippen molar-refractivity contribution in [3.05, 3.63) is 78.1 Å². The third-order valence-electron chi connectivity index (χ3n) is 9.99. The van der Waals surface area contributed by atoms with Crippen molar-refractivity contribution in [1.82, 2.24) is 35.4 Å². The lowest BCUT2D eigenvalue weighted by Gasteiger charge is -2.24. The molecule has 3 heterocycles. The number of rotatable bonds is 23. The van der Waals surface area contributed by atoms with E-state index in [0.29, 0.717) is 41.5 Å². The zero-order valence-corrected chi connectivity index (χ0v) is 41.6. The van der Waals surface area contributed by atoms with Crippen LogP contribution < -0.4 is 30.7 Å². The van der Waals surface area contributed by atoms with E-state index in [9.17, 15) is 24.0 Å². The zero-order valence-electron chi connectivity index (χ0n) is 41.6. The number of ether oxygens (including phenoxy) is 5. The van der Waals surface area contributed by atoms with Gasteiger partial charge in [0.15, 0.2) is 17.4 Å². The fourth-order valence-corrected chi connectivity index (χ4v) is 6.93. The van der Waals surface area contributed by atoms with Gasteiger partial charge in [-0.05, 0) is 80.4 Å². The number of hydrogen-bond acceptors (Lipinski definition) is 15. The van der Waals surface area contributed by atoms with Crippen molar-refractivity contribution in [2.45, 2.75) is 131 Å². The number of alkyl carbamates (subject to hydrolysis) is 1. The van der Waals surface area contributed by atoms with E-state index in [1.54, 1.807) is 84.9 Å². The molecule has 3 aromatic heterocycles. The number of anilines is 3. The van der Waals surface area contributed by atoms with Crippen LogP contribution in [0.3, 0.4) is 0 Å². The third-order valence-corrected chi connectivity index (χ3v) is 9.99. The summed E-state index contributed by atoms with van der Waals surface area (Å²) < 4.78 is 59.5. The lowest BCUT2D eigenvalue weighted by Crippen LogP contribution is -2.51. The van der Waals surface area contributed by atoms with Crippen molar-refractivity contribution in [1.29, 1.82) is 0 Å². The number of nitrogens with zero attached hydrogens (tertiary/aromatic N) is 5. The molecular formula is C50H63F2N9O10. The highest BCUT2D eigenvalue weighted by Gasteiger charge is 2.28. The molecule has 0 saturated carbocycles. The first-order valence-electron chi connectivity index (χ1n) is 23.3. The van der Waals surface area contributed by atoms with Gasteiger partial charge in [-0.25, -0.2) is 33.3 Å². The summed E-state index contributed by atoms with van der Waals surface area (Å²) in [5.74, 6) is -2.72. The standard InChI is InChI=1S/C50H63F2N9O10/c1-10-67-33-26-36(51)35(37(52)27-33)29-61-39-19-15-14-17-34(39)43(60-61)45-54-28-40(44(59-45)57-32-21-22-53-41(25-32)56-31(3)62)68-23-16-24-69-47(65)30(2)55-46(64)38(58-48(66)71-50(7,8)9)18-12-11-13-20-42(63)70-49(4,5)6/h14-15,17,19,21-22,25-28,30,38H,10-13,16,18,20,23-24,29H2,1-9H3,(H,55,64)(H,58,66)(H2,53,54,56,57,59,62)/t30-,38-/m0/s1. The van der Waals surface area contributed by atoms with Crippen LogP contribution in [0.15, 0.2) is 60.9 Å². The summed E-state index contributed by atoms with van der Waals surface area (Å²) in [6.07, 6.45) is 4.32. The minimum absolute atomic E-state index is 0.0193.